The summed E-state index contributed by atoms with van der Waals surface area (Å²) in [5.41, 5.74) is 2.00. The highest BCUT2D eigenvalue weighted by Gasteiger charge is 2.33. The van der Waals surface area contributed by atoms with Gasteiger partial charge in [0.25, 0.3) is 5.91 Å². The van der Waals surface area contributed by atoms with Crippen molar-refractivity contribution in [2.75, 3.05) is 4.90 Å². The van der Waals surface area contributed by atoms with Gasteiger partial charge in [-0.1, -0.05) is 69.2 Å². The van der Waals surface area contributed by atoms with Crippen molar-refractivity contribution in [3.8, 4) is 5.75 Å². The molecular weight excluding hydrogens is 556 g/mol. The standard InChI is InChI=1S/C23H13BrCl2FNO2S2/c24-15-2-8-20(30-12-13-1-3-16(25)11-19(13)26)14(9-15)10-21-22(29)28(23(31)32-21)18-6-4-17(27)5-7-18/h1-11H,12H2/b21-10+. The minimum absolute atomic E-state index is 0.231. The van der Waals surface area contributed by atoms with Crippen LogP contribution in [0.2, 0.25) is 10.0 Å². The van der Waals surface area contributed by atoms with Gasteiger partial charge in [-0.05, 0) is 60.7 Å². The molecule has 1 fully saturated rings. The number of anilines is 1. The largest absolute Gasteiger partial charge is 0.488 e. The SMILES string of the molecule is O=C1/C(=C\c2cc(Br)ccc2OCc2ccc(Cl)cc2Cl)SC(=S)N1c1ccc(F)cc1. The first kappa shape index (κ1) is 23.3. The van der Waals surface area contributed by atoms with Gasteiger partial charge in [-0.2, -0.15) is 0 Å². The van der Waals surface area contributed by atoms with E-state index in [1.54, 1.807) is 30.3 Å². The average Bonchev–Trinajstić information content (AvgIpc) is 3.02. The van der Waals surface area contributed by atoms with Gasteiger partial charge < -0.3 is 4.74 Å². The van der Waals surface area contributed by atoms with Crippen LogP contribution in [0.25, 0.3) is 6.08 Å². The second-order valence-electron chi connectivity index (χ2n) is 6.70. The Balaban J connectivity index is 1.60. The van der Waals surface area contributed by atoms with E-state index in [1.165, 1.54) is 40.9 Å². The second kappa shape index (κ2) is 9.93. The predicted octanol–water partition coefficient (Wildman–Crippen LogP) is 7.88. The lowest BCUT2D eigenvalue weighted by Gasteiger charge is -2.14. The summed E-state index contributed by atoms with van der Waals surface area (Å²) in [6, 6.07) is 16.3. The minimum atomic E-state index is -0.383. The normalized spacial score (nSPS) is 15.0. The Kier molecular flexibility index (Phi) is 7.22. The lowest BCUT2D eigenvalue weighted by Crippen LogP contribution is -2.27. The molecule has 1 aliphatic rings. The van der Waals surface area contributed by atoms with Crippen molar-refractivity contribution in [3.63, 3.8) is 0 Å². The number of hydrogen-bond acceptors (Lipinski definition) is 4. The Morgan fingerprint density at radius 3 is 2.56 bits per heavy atom. The van der Waals surface area contributed by atoms with Gasteiger partial charge in [0.2, 0.25) is 0 Å². The Bertz CT molecular complexity index is 1250. The van der Waals surface area contributed by atoms with Crippen LogP contribution in [-0.2, 0) is 11.4 Å². The van der Waals surface area contributed by atoms with Crippen LogP contribution >= 0.6 is 63.1 Å². The van der Waals surface area contributed by atoms with Crippen LogP contribution in [0.3, 0.4) is 0 Å². The lowest BCUT2D eigenvalue weighted by molar-refractivity contribution is -0.113. The van der Waals surface area contributed by atoms with Gasteiger partial charge >= 0.3 is 0 Å². The molecule has 0 saturated carbocycles. The third-order valence-electron chi connectivity index (χ3n) is 4.54. The molecule has 1 saturated heterocycles. The average molecular weight is 569 g/mol. The predicted molar refractivity (Wildman–Crippen MR) is 137 cm³/mol. The molecule has 0 bridgehead atoms. The molecular formula is C23H13BrCl2FNO2S2. The van der Waals surface area contributed by atoms with Crippen molar-refractivity contribution in [2.45, 2.75) is 6.61 Å². The monoisotopic (exact) mass is 567 g/mol. The fourth-order valence-corrected chi connectivity index (χ4v) is 5.11. The fraction of sp³-hybridized carbons (Fsp3) is 0.0435. The molecule has 1 aliphatic heterocycles. The first-order chi connectivity index (χ1) is 15.3. The number of thioether (sulfide) groups is 1. The van der Waals surface area contributed by atoms with E-state index in [-0.39, 0.29) is 18.3 Å². The second-order valence-corrected chi connectivity index (χ2v) is 10.1. The van der Waals surface area contributed by atoms with E-state index >= 15 is 0 Å². The van der Waals surface area contributed by atoms with Crippen LogP contribution < -0.4 is 9.64 Å². The summed E-state index contributed by atoms with van der Waals surface area (Å²) in [6.07, 6.45) is 1.73. The number of thiocarbonyl (C=S) groups is 1. The van der Waals surface area contributed by atoms with Gasteiger partial charge in [-0.3, -0.25) is 9.69 Å². The van der Waals surface area contributed by atoms with Crippen LogP contribution in [0.4, 0.5) is 10.1 Å². The summed E-state index contributed by atoms with van der Waals surface area (Å²) in [5.74, 6) is -0.0870. The maximum Gasteiger partial charge on any atom is 0.270 e. The summed E-state index contributed by atoms with van der Waals surface area (Å²) < 4.78 is 20.5. The number of nitrogens with zero attached hydrogens (tertiary/aromatic N) is 1. The number of carbonyl (C=O) groups is 1. The van der Waals surface area contributed by atoms with Crippen molar-refractivity contribution >= 4 is 85.1 Å². The van der Waals surface area contributed by atoms with Gasteiger partial charge in [0.15, 0.2) is 4.32 Å². The summed E-state index contributed by atoms with van der Waals surface area (Å²) >= 11 is 22.2. The zero-order chi connectivity index (χ0) is 22.8. The van der Waals surface area contributed by atoms with Crippen molar-refractivity contribution in [1.82, 2.24) is 0 Å². The van der Waals surface area contributed by atoms with E-state index < -0.39 is 0 Å². The Morgan fingerprint density at radius 2 is 1.84 bits per heavy atom. The van der Waals surface area contributed by atoms with Crippen molar-refractivity contribution < 1.29 is 13.9 Å². The van der Waals surface area contributed by atoms with Gasteiger partial charge in [-0.25, -0.2) is 4.39 Å². The molecule has 0 aromatic heterocycles. The lowest BCUT2D eigenvalue weighted by atomic mass is 10.1. The molecule has 3 aromatic carbocycles. The molecule has 9 heteroatoms. The van der Waals surface area contributed by atoms with Gasteiger partial charge in [0, 0.05) is 25.6 Å². The highest BCUT2D eigenvalue weighted by molar-refractivity contribution is 9.10. The van der Waals surface area contributed by atoms with Crippen molar-refractivity contribution in [2.24, 2.45) is 0 Å². The first-order valence-corrected chi connectivity index (χ1v) is 12.0. The molecule has 0 spiro atoms. The minimum Gasteiger partial charge on any atom is -0.488 e. The number of halogens is 4. The molecule has 162 valence electrons. The zero-order valence-corrected chi connectivity index (χ0v) is 20.9. The molecule has 0 aliphatic carbocycles. The van der Waals surface area contributed by atoms with Crippen molar-refractivity contribution in [1.29, 1.82) is 0 Å². The molecule has 1 heterocycles. The van der Waals surface area contributed by atoms with E-state index in [4.69, 9.17) is 40.2 Å². The Labute approximate surface area is 212 Å². The molecule has 3 aromatic rings. The Hall–Kier alpha value is -1.90. The van der Waals surface area contributed by atoms with Crippen LogP contribution in [0.1, 0.15) is 11.1 Å². The smallest absolute Gasteiger partial charge is 0.270 e. The molecule has 0 atom stereocenters. The summed E-state index contributed by atoms with van der Waals surface area (Å²) in [7, 11) is 0. The van der Waals surface area contributed by atoms with Crippen LogP contribution in [0.15, 0.2) is 70.0 Å². The van der Waals surface area contributed by atoms with E-state index in [0.29, 0.717) is 36.3 Å². The molecule has 4 rings (SSSR count). The topological polar surface area (TPSA) is 29.5 Å². The Morgan fingerprint density at radius 1 is 1.09 bits per heavy atom. The number of amides is 1. The van der Waals surface area contributed by atoms with Crippen LogP contribution in [-0.4, -0.2) is 10.2 Å². The highest BCUT2D eigenvalue weighted by Crippen LogP contribution is 2.38. The maximum atomic E-state index is 13.3. The van der Waals surface area contributed by atoms with E-state index in [0.717, 1.165) is 10.0 Å². The third kappa shape index (κ3) is 5.18. The molecule has 3 nitrogen and oxygen atoms in total. The number of hydrogen-bond donors (Lipinski definition) is 0. The van der Waals surface area contributed by atoms with Crippen molar-refractivity contribution in [3.05, 3.63) is 97.0 Å². The molecule has 32 heavy (non-hydrogen) atoms. The number of benzene rings is 3. The van der Waals surface area contributed by atoms with E-state index in [1.807, 2.05) is 12.1 Å². The number of ether oxygens (including phenoxy) is 1. The summed E-state index contributed by atoms with van der Waals surface area (Å²) in [6.45, 7) is 0.231. The fourth-order valence-electron chi connectivity index (χ4n) is 2.98. The summed E-state index contributed by atoms with van der Waals surface area (Å²) in [5, 5.41) is 1.06. The molecule has 0 radical (unpaired) electrons. The molecule has 0 unspecified atom stereocenters. The van der Waals surface area contributed by atoms with Gasteiger partial charge in [0.1, 0.15) is 18.2 Å². The third-order valence-corrected chi connectivity index (χ3v) is 6.92. The number of rotatable bonds is 5. The zero-order valence-electron chi connectivity index (χ0n) is 16.2. The van der Waals surface area contributed by atoms with E-state index in [9.17, 15) is 9.18 Å². The molecule has 0 N–H and O–H groups in total. The highest BCUT2D eigenvalue weighted by atomic mass is 79.9. The quantitative estimate of drug-likeness (QED) is 0.231. The van der Waals surface area contributed by atoms with Crippen LogP contribution in [0.5, 0.6) is 5.75 Å². The maximum absolute atomic E-state index is 13.3. The summed E-state index contributed by atoms with van der Waals surface area (Å²) in [4.78, 5) is 14.9. The number of carbonyl (C=O) groups excluding carboxylic acids is 1. The van der Waals surface area contributed by atoms with Gasteiger partial charge in [-0.15, -0.1) is 0 Å². The van der Waals surface area contributed by atoms with E-state index in [2.05, 4.69) is 15.9 Å². The van der Waals surface area contributed by atoms with Gasteiger partial charge in [0.05, 0.1) is 10.6 Å². The molecule has 1 amide bonds. The first-order valence-electron chi connectivity index (χ1n) is 9.21. The van der Waals surface area contributed by atoms with Crippen LogP contribution in [0, 0.1) is 5.82 Å².